The zero-order chi connectivity index (χ0) is 14.2. The lowest BCUT2D eigenvalue weighted by Gasteiger charge is -2.20. The van der Waals surface area contributed by atoms with Gasteiger partial charge in [0.1, 0.15) is 0 Å². The summed E-state index contributed by atoms with van der Waals surface area (Å²) in [6, 6.07) is 2.91. The van der Waals surface area contributed by atoms with E-state index in [0.717, 1.165) is 0 Å². The number of hydrogen-bond donors (Lipinski definition) is 1. The lowest BCUT2D eigenvalue weighted by atomic mass is 10.1. The summed E-state index contributed by atoms with van der Waals surface area (Å²) in [5, 5.41) is 9.54. The highest BCUT2D eigenvalue weighted by atomic mass is 79.9. The number of aromatic carboxylic acids is 1. The number of amides is 1. The fraction of sp³-hybridized carbons (Fsp3) is 0.333. The van der Waals surface area contributed by atoms with Gasteiger partial charge in [0.25, 0.3) is 0 Å². The molecular formula is C12H10BrCl2NO3. The molecule has 19 heavy (non-hydrogen) atoms. The maximum absolute atomic E-state index is 12.0. The van der Waals surface area contributed by atoms with Gasteiger partial charge in [0.2, 0.25) is 5.91 Å². The molecule has 4 nitrogen and oxygen atoms in total. The molecule has 0 aromatic heterocycles. The molecule has 1 N–H and O–H groups in total. The second-order valence-corrected chi connectivity index (χ2v) is 5.92. The largest absolute Gasteiger partial charge is 0.478 e. The number of halogens is 3. The molecule has 1 aliphatic heterocycles. The van der Waals surface area contributed by atoms with Crippen molar-refractivity contribution in [2.75, 3.05) is 17.3 Å². The lowest BCUT2D eigenvalue weighted by Crippen LogP contribution is -2.27. The molecule has 1 atom stereocenters. The Bertz CT molecular complexity index is 550. The zero-order valence-corrected chi connectivity index (χ0v) is 12.8. The number of anilines is 1. The predicted molar refractivity (Wildman–Crippen MR) is 77.3 cm³/mol. The third-order valence-corrected chi connectivity index (χ3v) is 4.21. The molecule has 1 aromatic rings. The highest BCUT2D eigenvalue weighted by molar-refractivity contribution is 9.10. The van der Waals surface area contributed by atoms with Crippen molar-refractivity contribution in [2.45, 2.75) is 6.42 Å². The molecule has 1 aromatic carbocycles. The van der Waals surface area contributed by atoms with Crippen molar-refractivity contribution < 1.29 is 14.7 Å². The van der Waals surface area contributed by atoms with E-state index in [0.29, 0.717) is 34.0 Å². The van der Waals surface area contributed by atoms with Crippen LogP contribution in [0.5, 0.6) is 0 Å². The van der Waals surface area contributed by atoms with E-state index in [2.05, 4.69) is 15.9 Å². The fourth-order valence-corrected chi connectivity index (χ4v) is 3.34. The monoisotopic (exact) mass is 365 g/mol. The van der Waals surface area contributed by atoms with Gasteiger partial charge in [-0.1, -0.05) is 11.6 Å². The smallest absolute Gasteiger partial charge is 0.337 e. The van der Waals surface area contributed by atoms with Gasteiger partial charge in [-0.2, -0.15) is 0 Å². The Balaban J connectivity index is 2.50. The number of hydrogen-bond acceptors (Lipinski definition) is 2. The van der Waals surface area contributed by atoms with Gasteiger partial charge >= 0.3 is 5.97 Å². The number of benzene rings is 1. The zero-order valence-electron chi connectivity index (χ0n) is 9.70. The van der Waals surface area contributed by atoms with Gasteiger partial charge in [-0.15, -0.1) is 11.6 Å². The minimum atomic E-state index is -1.12. The van der Waals surface area contributed by atoms with E-state index in [1.54, 1.807) is 6.07 Å². The van der Waals surface area contributed by atoms with Gasteiger partial charge in [-0.3, -0.25) is 4.79 Å². The van der Waals surface area contributed by atoms with Crippen LogP contribution in [0.3, 0.4) is 0 Å². The average Bonchev–Trinajstić information content (AvgIpc) is 2.69. The van der Waals surface area contributed by atoms with Crippen molar-refractivity contribution in [1.29, 1.82) is 0 Å². The maximum Gasteiger partial charge on any atom is 0.337 e. The van der Waals surface area contributed by atoms with Crippen molar-refractivity contribution in [3.05, 3.63) is 27.2 Å². The van der Waals surface area contributed by atoms with Gasteiger partial charge in [-0.25, -0.2) is 4.79 Å². The summed E-state index contributed by atoms with van der Waals surface area (Å²) < 4.78 is 0.487. The third-order valence-electron chi connectivity index (χ3n) is 2.95. The fourth-order valence-electron chi connectivity index (χ4n) is 2.10. The van der Waals surface area contributed by atoms with E-state index in [-0.39, 0.29) is 17.4 Å². The molecule has 0 bridgehead atoms. The predicted octanol–water partition coefficient (Wildman–Crippen LogP) is 3.39. The van der Waals surface area contributed by atoms with Crippen LogP contribution in [0, 0.1) is 5.92 Å². The minimum Gasteiger partial charge on any atom is -0.478 e. The molecule has 2 rings (SSSR count). The van der Waals surface area contributed by atoms with Crippen molar-refractivity contribution >= 4 is 56.7 Å². The molecule has 7 heteroatoms. The lowest BCUT2D eigenvalue weighted by molar-refractivity contribution is -0.117. The highest BCUT2D eigenvalue weighted by Gasteiger charge is 2.33. The number of rotatable bonds is 3. The Labute approximate surface area is 128 Å². The summed E-state index contributed by atoms with van der Waals surface area (Å²) in [5.41, 5.74) is 0.345. The van der Waals surface area contributed by atoms with Crippen LogP contribution in [0.25, 0.3) is 0 Å². The molecule has 1 aliphatic rings. The van der Waals surface area contributed by atoms with Crippen molar-refractivity contribution in [2.24, 2.45) is 5.92 Å². The first-order valence-electron chi connectivity index (χ1n) is 5.52. The summed E-state index contributed by atoms with van der Waals surface area (Å²) >= 11 is 14.9. The molecule has 1 heterocycles. The highest BCUT2D eigenvalue weighted by Crippen LogP contribution is 2.37. The van der Waals surface area contributed by atoms with Gasteiger partial charge in [0.15, 0.2) is 0 Å². The summed E-state index contributed by atoms with van der Waals surface area (Å²) in [7, 11) is 0. The van der Waals surface area contributed by atoms with E-state index >= 15 is 0 Å². The average molecular weight is 367 g/mol. The van der Waals surface area contributed by atoms with E-state index in [9.17, 15) is 14.7 Å². The summed E-state index contributed by atoms with van der Waals surface area (Å²) in [6.07, 6.45) is 0.331. The Kier molecular flexibility index (Phi) is 4.38. The summed E-state index contributed by atoms with van der Waals surface area (Å²) in [6.45, 7) is 0.419. The number of carbonyl (C=O) groups excluding carboxylic acids is 1. The first-order chi connectivity index (χ1) is 8.93. The third kappa shape index (κ3) is 2.88. The maximum atomic E-state index is 12.0. The Morgan fingerprint density at radius 1 is 1.53 bits per heavy atom. The van der Waals surface area contributed by atoms with Crippen LogP contribution in [0.1, 0.15) is 16.8 Å². The molecule has 0 aliphatic carbocycles. The molecule has 1 fully saturated rings. The second-order valence-electron chi connectivity index (χ2n) is 4.32. The standard InChI is InChI=1S/C12H10BrCl2NO3/c13-9-3-7(15)2-8(12(18)19)11(9)16-5-6(4-14)1-10(16)17/h2-3,6H,1,4-5H2,(H,18,19). The molecule has 1 saturated heterocycles. The topological polar surface area (TPSA) is 57.6 Å². The molecule has 1 unspecified atom stereocenters. The van der Waals surface area contributed by atoms with Gasteiger partial charge in [0.05, 0.1) is 11.3 Å². The Morgan fingerprint density at radius 3 is 2.74 bits per heavy atom. The van der Waals surface area contributed by atoms with E-state index in [1.807, 2.05) is 0 Å². The van der Waals surface area contributed by atoms with Crippen LogP contribution < -0.4 is 4.90 Å². The first kappa shape index (κ1) is 14.6. The summed E-state index contributed by atoms with van der Waals surface area (Å²) in [4.78, 5) is 24.7. The molecule has 0 radical (unpaired) electrons. The van der Waals surface area contributed by atoms with Gasteiger partial charge < -0.3 is 10.0 Å². The van der Waals surface area contributed by atoms with E-state index < -0.39 is 5.97 Å². The molecular weight excluding hydrogens is 357 g/mol. The number of carbonyl (C=O) groups is 2. The number of carboxylic acids is 1. The van der Waals surface area contributed by atoms with E-state index in [1.165, 1.54) is 11.0 Å². The Hall–Kier alpha value is -0.780. The normalized spacial score (nSPS) is 19.0. The van der Waals surface area contributed by atoms with Crippen LogP contribution in [0.4, 0.5) is 5.69 Å². The number of carboxylic acid groups (broad SMARTS) is 1. The van der Waals surface area contributed by atoms with Gasteiger partial charge in [0, 0.05) is 28.3 Å². The Morgan fingerprint density at radius 2 is 2.21 bits per heavy atom. The number of nitrogens with zero attached hydrogens (tertiary/aromatic N) is 1. The summed E-state index contributed by atoms with van der Waals surface area (Å²) in [5.74, 6) is -0.842. The van der Waals surface area contributed by atoms with Crippen LogP contribution in [0.2, 0.25) is 5.02 Å². The molecule has 1 amide bonds. The van der Waals surface area contributed by atoms with E-state index in [4.69, 9.17) is 23.2 Å². The van der Waals surface area contributed by atoms with Crippen molar-refractivity contribution in [3.8, 4) is 0 Å². The van der Waals surface area contributed by atoms with Crippen LogP contribution in [0.15, 0.2) is 16.6 Å². The van der Waals surface area contributed by atoms with Crippen molar-refractivity contribution in [1.82, 2.24) is 0 Å². The molecule has 0 saturated carbocycles. The SMILES string of the molecule is O=C(O)c1cc(Cl)cc(Br)c1N1CC(CCl)CC1=O. The van der Waals surface area contributed by atoms with Crippen LogP contribution in [-0.2, 0) is 4.79 Å². The first-order valence-corrected chi connectivity index (χ1v) is 7.23. The minimum absolute atomic E-state index is 0.00273. The van der Waals surface area contributed by atoms with Crippen LogP contribution in [-0.4, -0.2) is 29.4 Å². The second kappa shape index (κ2) is 5.69. The quantitative estimate of drug-likeness (QED) is 0.834. The number of alkyl halides is 1. The van der Waals surface area contributed by atoms with Gasteiger partial charge in [-0.05, 0) is 34.0 Å². The molecule has 0 spiro atoms. The molecule has 102 valence electrons. The van der Waals surface area contributed by atoms with Crippen molar-refractivity contribution in [3.63, 3.8) is 0 Å². The van der Waals surface area contributed by atoms with Crippen LogP contribution >= 0.6 is 39.1 Å².